The molecule has 1 heterocycles. The average Bonchev–Trinajstić information content (AvgIpc) is 2.42. The molecule has 3 nitrogen and oxygen atoms in total. The number of hydrogen-bond donors (Lipinski definition) is 1. The Bertz CT molecular complexity index is 336. The van der Waals surface area contributed by atoms with E-state index in [1.54, 1.807) is 0 Å². The van der Waals surface area contributed by atoms with Crippen LogP contribution in [-0.2, 0) is 11.3 Å². The molecular weight excluding hydrogens is 224 g/mol. The highest BCUT2D eigenvalue weighted by atomic mass is 16.5. The number of ether oxygens (including phenoxy) is 1. The van der Waals surface area contributed by atoms with Gasteiger partial charge in [-0.15, -0.1) is 0 Å². The monoisotopic (exact) mass is 248 g/mol. The third kappa shape index (κ3) is 3.55. The maximum Gasteiger partial charge on any atom is 0.0509 e. The van der Waals surface area contributed by atoms with Crippen LogP contribution in [0.2, 0.25) is 0 Å². The van der Waals surface area contributed by atoms with Gasteiger partial charge in [-0.1, -0.05) is 30.3 Å². The van der Waals surface area contributed by atoms with E-state index in [9.17, 15) is 0 Å². The van der Waals surface area contributed by atoms with Crippen LogP contribution in [0.25, 0.3) is 0 Å². The second-order valence-electron chi connectivity index (χ2n) is 5.18. The van der Waals surface area contributed by atoms with Crippen molar-refractivity contribution in [2.45, 2.75) is 25.4 Å². The third-order valence-electron chi connectivity index (χ3n) is 3.82. The molecule has 2 rings (SSSR count). The standard InChI is InChI=1S/C15H24N2O/c1-17(11-13-6-3-2-4-7-13)15(10-16)14-8-5-9-18-12-14/h2-4,6-7,14-15H,5,8-12,16H2,1H3. The molecule has 18 heavy (non-hydrogen) atoms. The molecule has 2 atom stereocenters. The zero-order chi connectivity index (χ0) is 12.8. The van der Waals surface area contributed by atoms with Crippen LogP contribution in [0.15, 0.2) is 30.3 Å². The van der Waals surface area contributed by atoms with Crippen molar-refractivity contribution in [2.75, 3.05) is 26.8 Å². The summed E-state index contributed by atoms with van der Waals surface area (Å²) >= 11 is 0. The Hall–Kier alpha value is -0.900. The van der Waals surface area contributed by atoms with Crippen molar-refractivity contribution in [3.63, 3.8) is 0 Å². The quantitative estimate of drug-likeness (QED) is 0.864. The summed E-state index contributed by atoms with van der Waals surface area (Å²) < 4.78 is 5.58. The van der Waals surface area contributed by atoms with E-state index in [0.29, 0.717) is 18.5 Å². The largest absolute Gasteiger partial charge is 0.381 e. The van der Waals surface area contributed by atoms with E-state index in [4.69, 9.17) is 10.5 Å². The van der Waals surface area contributed by atoms with E-state index in [2.05, 4.69) is 42.3 Å². The van der Waals surface area contributed by atoms with Crippen molar-refractivity contribution in [1.82, 2.24) is 4.90 Å². The highest BCUT2D eigenvalue weighted by Crippen LogP contribution is 2.21. The van der Waals surface area contributed by atoms with Crippen LogP contribution >= 0.6 is 0 Å². The Morgan fingerprint density at radius 3 is 2.78 bits per heavy atom. The minimum atomic E-state index is 0.422. The molecule has 1 fully saturated rings. The lowest BCUT2D eigenvalue weighted by atomic mass is 9.92. The van der Waals surface area contributed by atoms with Crippen molar-refractivity contribution in [2.24, 2.45) is 11.7 Å². The molecular formula is C15H24N2O. The summed E-state index contributed by atoms with van der Waals surface area (Å²) in [6, 6.07) is 11.0. The minimum Gasteiger partial charge on any atom is -0.381 e. The minimum absolute atomic E-state index is 0.422. The number of likely N-dealkylation sites (N-methyl/N-ethyl adjacent to an activating group) is 1. The fraction of sp³-hybridized carbons (Fsp3) is 0.600. The van der Waals surface area contributed by atoms with E-state index in [0.717, 1.165) is 19.8 Å². The molecule has 1 saturated heterocycles. The second kappa shape index (κ2) is 6.88. The number of nitrogens with zero attached hydrogens (tertiary/aromatic N) is 1. The van der Waals surface area contributed by atoms with E-state index in [1.807, 2.05) is 0 Å². The van der Waals surface area contributed by atoms with E-state index in [-0.39, 0.29) is 0 Å². The second-order valence-corrected chi connectivity index (χ2v) is 5.18. The number of benzene rings is 1. The van der Waals surface area contributed by atoms with Gasteiger partial charge in [0.1, 0.15) is 0 Å². The van der Waals surface area contributed by atoms with Crippen LogP contribution in [0.1, 0.15) is 18.4 Å². The Morgan fingerprint density at radius 2 is 2.17 bits per heavy atom. The van der Waals surface area contributed by atoms with Gasteiger partial charge in [0.05, 0.1) is 6.61 Å². The maximum absolute atomic E-state index is 5.96. The molecule has 0 radical (unpaired) electrons. The molecule has 1 aliphatic rings. The first-order chi connectivity index (χ1) is 8.81. The van der Waals surface area contributed by atoms with Gasteiger partial charge in [0.15, 0.2) is 0 Å². The third-order valence-corrected chi connectivity index (χ3v) is 3.82. The van der Waals surface area contributed by atoms with Crippen LogP contribution in [0.3, 0.4) is 0 Å². The van der Waals surface area contributed by atoms with Crippen molar-refractivity contribution >= 4 is 0 Å². The smallest absolute Gasteiger partial charge is 0.0509 e. The van der Waals surface area contributed by atoms with Crippen molar-refractivity contribution in [1.29, 1.82) is 0 Å². The molecule has 1 aromatic carbocycles. The number of hydrogen-bond acceptors (Lipinski definition) is 3. The van der Waals surface area contributed by atoms with Crippen LogP contribution in [-0.4, -0.2) is 37.7 Å². The lowest BCUT2D eigenvalue weighted by Gasteiger charge is -2.35. The van der Waals surface area contributed by atoms with Crippen LogP contribution in [0.5, 0.6) is 0 Å². The zero-order valence-corrected chi connectivity index (χ0v) is 11.2. The molecule has 0 aliphatic carbocycles. The molecule has 0 amide bonds. The highest BCUT2D eigenvalue weighted by Gasteiger charge is 2.26. The van der Waals surface area contributed by atoms with Crippen LogP contribution in [0.4, 0.5) is 0 Å². The first kappa shape index (κ1) is 13.5. The van der Waals surface area contributed by atoms with Gasteiger partial charge in [-0.05, 0) is 31.4 Å². The molecule has 1 aromatic rings. The summed E-state index contributed by atoms with van der Waals surface area (Å²) in [5.41, 5.74) is 7.30. The molecule has 2 unspecified atom stereocenters. The van der Waals surface area contributed by atoms with E-state index in [1.165, 1.54) is 18.4 Å². The van der Waals surface area contributed by atoms with Crippen LogP contribution < -0.4 is 5.73 Å². The Kier molecular flexibility index (Phi) is 5.17. The summed E-state index contributed by atoms with van der Waals surface area (Å²) in [4.78, 5) is 2.37. The molecule has 100 valence electrons. The SMILES string of the molecule is CN(Cc1ccccc1)C(CN)C1CCCOC1. The van der Waals surface area contributed by atoms with Gasteiger partial charge in [0.2, 0.25) is 0 Å². The summed E-state index contributed by atoms with van der Waals surface area (Å²) in [5, 5.41) is 0. The molecule has 0 saturated carbocycles. The normalized spacial score (nSPS) is 22.1. The van der Waals surface area contributed by atoms with Gasteiger partial charge >= 0.3 is 0 Å². The van der Waals surface area contributed by atoms with Gasteiger partial charge < -0.3 is 10.5 Å². The molecule has 1 aliphatic heterocycles. The molecule has 3 heteroatoms. The molecule has 2 N–H and O–H groups in total. The predicted octanol–water partition coefficient (Wildman–Crippen LogP) is 1.87. The van der Waals surface area contributed by atoms with Gasteiger partial charge in [0, 0.05) is 25.7 Å². The fourth-order valence-electron chi connectivity index (χ4n) is 2.79. The van der Waals surface area contributed by atoms with Crippen molar-refractivity contribution in [3.8, 4) is 0 Å². The lowest BCUT2D eigenvalue weighted by molar-refractivity contribution is 0.0156. The fourth-order valence-corrected chi connectivity index (χ4v) is 2.79. The van der Waals surface area contributed by atoms with Gasteiger partial charge in [0.25, 0.3) is 0 Å². The Labute approximate surface area is 110 Å². The topological polar surface area (TPSA) is 38.5 Å². The number of rotatable bonds is 5. The summed E-state index contributed by atoms with van der Waals surface area (Å²) in [6.07, 6.45) is 2.40. The highest BCUT2D eigenvalue weighted by molar-refractivity contribution is 5.14. The first-order valence-corrected chi connectivity index (χ1v) is 6.83. The molecule has 0 aromatic heterocycles. The summed E-state index contributed by atoms with van der Waals surface area (Å²) in [6.45, 7) is 3.44. The molecule has 0 spiro atoms. The molecule has 0 bridgehead atoms. The Balaban J connectivity index is 1.94. The summed E-state index contributed by atoms with van der Waals surface area (Å²) in [5.74, 6) is 0.581. The van der Waals surface area contributed by atoms with Gasteiger partial charge in [-0.25, -0.2) is 0 Å². The van der Waals surface area contributed by atoms with Crippen LogP contribution in [0, 0.1) is 5.92 Å². The Morgan fingerprint density at radius 1 is 1.39 bits per heavy atom. The lowest BCUT2D eigenvalue weighted by Crippen LogP contribution is -2.45. The number of nitrogens with two attached hydrogens (primary N) is 1. The van der Waals surface area contributed by atoms with E-state index < -0.39 is 0 Å². The maximum atomic E-state index is 5.96. The van der Waals surface area contributed by atoms with E-state index >= 15 is 0 Å². The first-order valence-electron chi connectivity index (χ1n) is 6.83. The summed E-state index contributed by atoms with van der Waals surface area (Å²) in [7, 11) is 2.17. The van der Waals surface area contributed by atoms with Gasteiger partial charge in [-0.2, -0.15) is 0 Å². The van der Waals surface area contributed by atoms with Crippen molar-refractivity contribution < 1.29 is 4.74 Å². The average molecular weight is 248 g/mol. The predicted molar refractivity (Wildman–Crippen MR) is 74.3 cm³/mol. The zero-order valence-electron chi connectivity index (χ0n) is 11.2. The van der Waals surface area contributed by atoms with Gasteiger partial charge in [-0.3, -0.25) is 4.90 Å². The van der Waals surface area contributed by atoms with Crippen molar-refractivity contribution in [3.05, 3.63) is 35.9 Å².